The Morgan fingerprint density at radius 1 is 1.35 bits per heavy atom. The summed E-state index contributed by atoms with van der Waals surface area (Å²) in [5.41, 5.74) is 6.58. The molecule has 0 spiro atoms. The van der Waals surface area contributed by atoms with E-state index in [0.29, 0.717) is 6.61 Å². The first-order chi connectivity index (χ1) is 8.17. The van der Waals surface area contributed by atoms with Crippen molar-refractivity contribution in [2.75, 3.05) is 32.0 Å². The molecule has 1 aromatic carbocycles. The molecule has 0 fully saturated rings. The average molecular weight is 240 g/mol. The first-order valence-corrected chi connectivity index (χ1v) is 6.01. The number of nitrogen functional groups attached to an aromatic ring is 1. The van der Waals surface area contributed by atoms with Crippen LogP contribution in [-0.2, 0) is 11.3 Å². The maximum Gasteiger partial charge on any atom is 0.146 e. The number of hydrogen-bond donors (Lipinski definition) is 1. The molecule has 1 aromatic rings. The van der Waals surface area contributed by atoms with E-state index in [0.717, 1.165) is 31.8 Å². The number of ether oxygens (including phenoxy) is 1. The van der Waals surface area contributed by atoms with Crippen LogP contribution in [0.2, 0.25) is 0 Å². The highest BCUT2D eigenvalue weighted by molar-refractivity contribution is 5.41. The van der Waals surface area contributed by atoms with E-state index in [1.165, 1.54) is 6.07 Å². The number of likely N-dealkylation sites (N-methyl/N-ethyl adjacent to an activating group) is 1. The summed E-state index contributed by atoms with van der Waals surface area (Å²) in [7, 11) is 0. The fraction of sp³-hybridized carbons (Fsp3) is 0.538. The van der Waals surface area contributed by atoms with Gasteiger partial charge in [0.2, 0.25) is 0 Å². The molecule has 0 amide bonds. The second kappa shape index (κ2) is 7.25. The number of nitrogens with zero attached hydrogens (tertiary/aromatic N) is 1. The summed E-state index contributed by atoms with van der Waals surface area (Å²) in [6.07, 6.45) is 0. The van der Waals surface area contributed by atoms with Gasteiger partial charge in [-0.05, 0) is 31.2 Å². The van der Waals surface area contributed by atoms with Crippen LogP contribution in [0, 0.1) is 5.82 Å². The zero-order chi connectivity index (χ0) is 12.7. The number of anilines is 1. The second-order valence-corrected chi connectivity index (χ2v) is 3.92. The van der Waals surface area contributed by atoms with Gasteiger partial charge in [-0.1, -0.05) is 13.0 Å². The number of hydrogen-bond acceptors (Lipinski definition) is 3. The number of halogens is 1. The highest BCUT2D eigenvalue weighted by Crippen LogP contribution is 2.13. The summed E-state index contributed by atoms with van der Waals surface area (Å²) < 4.78 is 18.6. The van der Waals surface area contributed by atoms with Crippen molar-refractivity contribution >= 4 is 5.69 Å². The van der Waals surface area contributed by atoms with Crippen LogP contribution in [-0.4, -0.2) is 31.2 Å². The summed E-state index contributed by atoms with van der Waals surface area (Å²) in [6.45, 7) is 8.00. The van der Waals surface area contributed by atoms with Crippen LogP contribution in [0.1, 0.15) is 19.4 Å². The minimum absolute atomic E-state index is 0.200. The molecule has 0 heterocycles. The molecule has 0 unspecified atom stereocenters. The van der Waals surface area contributed by atoms with E-state index in [1.54, 1.807) is 6.07 Å². The van der Waals surface area contributed by atoms with Gasteiger partial charge in [-0.3, -0.25) is 4.90 Å². The van der Waals surface area contributed by atoms with Crippen molar-refractivity contribution in [1.82, 2.24) is 4.90 Å². The fourth-order valence-corrected chi connectivity index (χ4v) is 1.61. The highest BCUT2D eigenvalue weighted by Gasteiger charge is 2.05. The van der Waals surface area contributed by atoms with Gasteiger partial charge in [0.15, 0.2) is 0 Å². The lowest BCUT2D eigenvalue weighted by atomic mass is 10.2. The molecule has 17 heavy (non-hydrogen) atoms. The number of nitrogens with two attached hydrogens (primary N) is 1. The van der Waals surface area contributed by atoms with E-state index in [-0.39, 0.29) is 11.5 Å². The maximum absolute atomic E-state index is 13.3. The number of rotatable bonds is 7. The van der Waals surface area contributed by atoms with Gasteiger partial charge < -0.3 is 10.5 Å². The van der Waals surface area contributed by atoms with Crippen LogP contribution >= 0.6 is 0 Å². The molecule has 0 aromatic heterocycles. The van der Waals surface area contributed by atoms with Gasteiger partial charge in [0.1, 0.15) is 5.82 Å². The van der Waals surface area contributed by atoms with Crippen molar-refractivity contribution in [3.8, 4) is 0 Å². The van der Waals surface area contributed by atoms with Crippen LogP contribution in [0.25, 0.3) is 0 Å². The molecule has 0 aliphatic rings. The lowest BCUT2D eigenvalue weighted by molar-refractivity contribution is 0.113. The quantitative estimate of drug-likeness (QED) is 0.587. The van der Waals surface area contributed by atoms with Crippen molar-refractivity contribution < 1.29 is 9.13 Å². The monoisotopic (exact) mass is 240 g/mol. The molecule has 0 saturated carbocycles. The molecule has 0 radical (unpaired) electrons. The van der Waals surface area contributed by atoms with Crippen LogP contribution in [0.5, 0.6) is 0 Å². The van der Waals surface area contributed by atoms with E-state index in [1.807, 2.05) is 13.0 Å². The summed E-state index contributed by atoms with van der Waals surface area (Å²) in [5, 5.41) is 0. The topological polar surface area (TPSA) is 38.5 Å². The first-order valence-electron chi connectivity index (χ1n) is 6.01. The molecule has 0 atom stereocenters. The first kappa shape index (κ1) is 13.9. The van der Waals surface area contributed by atoms with Crippen LogP contribution in [0.4, 0.5) is 10.1 Å². The van der Waals surface area contributed by atoms with Crippen molar-refractivity contribution in [2.45, 2.75) is 20.4 Å². The largest absolute Gasteiger partial charge is 0.396 e. The minimum Gasteiger partial charge on any atom is -0.396 e. The molecular formula is C13H21FN2O. The van der Waals surface area contributed by atoms with Crippen molar-refractivity contribution in [2.24, 2.45) is 0 Å². The highest BCUT2D eigenvalue weighted by atomic mass is 19.1. The third-order valence-corrected chi connectivity index (χ3v) is 2.67. The minimum atomic E-state index is -0.344. The molecular weight excluding hydrogens is 219 g/mol. The molecule has 1 rings (SSSR count). The van der Waals surface area contributed by atoms with Crippen molar-refractivity contribution in [1.29, 1.82) is 0 Å². The van der Waals surface area contributed by atoms with Gasteiger partial charge in [0.25, 0.3) is 0 Å². The number of benzene rings is 1. The summed E-state index contributed by atoms with van der Waals surface area (Å²) >= 11 is 0. The molecule has 2 N–H and O–H groups in total. The van der Waals surface area contributed by atoms with Gasteiger partial charge in [-0.25, -0.2) is 4.39 Å². The van der Waals surface area contributed by atoms with Crippen LogP contribution < -0.4 is 5.73 Å². The van der Waals surface area contributed by atoms with Gasteiger partial charge >= 0.3 is 0 Å². The van der Waals surface area contributed by atoms with Gasteiger partial charge in [0, 0.05) is 19.7 Å². The summed E-state index contributed by atoms with van der Waals surface area (Å²) in [6, 6.07) is 4.97. The fourth-order valence-electron chi connectivity index (χ4n) is 1.61. The summed E-state index contributed by atoms with van der Waals surface area (Å²) in [5.74, 6) is -0.344. The Hall–Kier alpha value is -1.13. The van der Waals surface area contributed by atoms with Gasteiger partial charge in [0.05, 0.1) is 12.3 Å². The van der Waals surface area contributed by atoms with Crippen molar-refractivity contribution in [3.05, 3.63) is 29.6 Å². The second-order valence-electron chi connectivity index (χ2n) is 3.92. The van der Waals surface area contributed by atoms with Crippen LogP contribution in [0.3, 0.4) is 0 Å². The Bertz CT molecular complexity index is 344. The van der Waals surface area contributed by atoms with Crippen LogP contribution in [0.15, 0.2) is 18.2 Å². The Morgan fingerprint density at radius 3 is 2.71 bits per heavy atom. The molecule has 0 bridgehead atoms. The third kappa shape index (κ3) is 4.71. The standard InChI is InChI=1S/C13H21FN2O/c1-3-16(7-8-17-4-2)10-11-5-6-13(15)12(14)9-11/h5-6,9H,3-4,7-8,10,15H2,1-2H3. The zero-order valence-electron chi connectivity index (χ0n) is 10.6. The lowest BCUT2D eigenvalue weighted by Crippen LogP contribution is -2.27. The third-order valence-electron chi connectivity index (χ3n) is 2.67. The predicted molar refractivity (Wildman–Crippen MR) is 68.3 cm³/mol. The smallest absolute Gasteiger partial charge is 0.146 e. The Morgan fingerprint density at radius 2 is 2.12 bits per heavy atom. The SMILES string of the molecule is CCOCCN(CC)Cc1ccc(N)c(F)c1. The average Bonchev–Trinajstić information content (AvgIpc) is 2.32. The molecule has 4 heteroatoms. The van der Waals surface area contributed by atoms with E-state index in [2.05, 4.69) is 11.8 Å². The van der Waals surface area contributed by atoms with Gasteiger partial charge in [-0.2, -0.15) is 0 Å². The van der Waals surface area contributed by atoms with E-state index >= 15 is 0 Å². The summed E-state index contributed by atoms with van der Waals surface area (Å²) in [4.78, 5) is 2.21. The van der Waals surface area contributed by atoms with E-state index in [9.17, 15) is 4.39 Å². The predicted octanol–water partition coefficient (Wildman–Crippen LogP) is 2.27. The zero-order valence-corrected chi connectivity index (χ0v) is 10.6. The maximum atomic E-state index is 13.3. The van der Waals surface area contributed by atoms with Gasteiger partial charge in [-0.15, -0.1) is 0 Å². The lowest BCUT2D eigenvalue weighted by Gasteiger charge is -2.20. The van der Waals surface area contributed by atoms with E-state index in [4.69, 9.17) is 10.5 Å². The normalized spacial score (nSPS) is 11.1. The van der Waals surface area contributed by atoms with E-state index < -0.39 is 0 Å². The molecule has 3 nitrogen and oxygen atoms in total. The Labute approximate surface area is 102 Å². The molecule has 0 saturated heterocycles. The molecule has 96 valence electrons. The van der Waals surface area contributed by atoms with Crippen molar-refractivity contribution in [3.63, 3.8) is 0 Å². The Balaban J connectivity index is 2.51. The molecule has 0 aliphatic carbocycles. The Kier molecular flexibility index (Phi) is 5.94. The molecule has 0 aliphatic heterocycles.